The molecule has 13 heavy (non-hydrogen) atoms. The molecular formula is C10H23N3. The van der Waals surface area contributed by atoms with E-state index in [0.29, 0.717) is 5.92 Å². The van der Waals surface area contributed by atoms with Crippen LogP contribution in [0.25, 0.3) is 0 Å². The van der Waals surface area contributed by atoms with Gasteiger partial charge in [-0.2, -0.15) is 0 Å². The fraction of sp³-hybridized carbons (Fsp3) is 0.900. The van der Waals surface area contributed by atoms with Crippen molar-refractivity contribution in [1.82, 2.24) is 10.2 Å². The second-order valence-electron chi connectivity index (χ2n) is 3.85. The lowest BCUT2D eigenvalue weighted by molar-refractivity contribution is 0.399. The first-order valence-corrected chi connectivity index (χ1v) is 4.93. The van der Waals surface area contributed by atoms with Crippen molar-refractivity contribution in [2.45, 2.75) is 20.3 Å². The summed E-state index contributed by atoms with van der Waals surface area (Å²) in [5, 5.41) is 3.35. The Kier molecular flexibility index (Phi) is 6.59. The van der Waals surface area contributed by atoms with Gasteiger partial charge in [0.2, 0.25) is 0 Å². The van der Waals surface area contributed by atoms with Crippen LogP contribution in [0.5, 0.6) is 0 Å². The molecule has 0 fully saturated rings. The minimum absolute atomic E-state index is 0.504. The fourth-order valence-electron chi connectivity index (χ4n) is 1.15. The van der Waals surface area contributed by atoms with Crippen LogP contribution < -0.4 is 5.32 Å². The molecule has 0 aliphatic rings. The van der Waals surface area contributed by atoms with E-state index in [2.05, 4.69) is 43.2 Å². The van der Waals surface area contributed by atoms with Crippen LogP contribution in [0.4, 0.5) is 0 Å². The first kappa shape index (κ1) is 12.4. The van der Waals surface area contributed by atoms with Gasteiger partial charge >= 0.3 is 0 Å². The summed E-state index contributed by atoms with van der Waals surface area (Å²) in [7, 11) is 6.03. The normalized spacial score (nSPS) is 12.7. The summed E-state index contributed by atoms with van der Waals surface area (Å²) in [6.07, 6.45) is 1.17. The number of rotatable bonds is 5. The molecule has 0 spiro atoms. The van der Waals surface area contributed by atoms with Gasteiger partial charge in [0, 0.05) is 19.5 Å². The second kappa shape index (κ2) is 6.89. The van der Waals surface area contributed by atoms with Crippen LogP contribution >= 0.6 is 0 Å². The topological polar surface area (TPSA) is 27.6 Å². The maximum Gasteiger partial charge on any atom is 0.0985 e. The summed E-state index contributed by atoms with van der Waals surface area (Å²) in [6, 6.07) is 0. The Labute approximate surface area is 82.2 Å². The van der Waals surface area contributed by atoms with Gasteiger partial charge in [-0.25, -0.2) is 0 Å². The molecule has 0 aromatic heterocycles. The number of hydrogen-bond donors (Lipinski definition) is 1. The maximum atomic E-state index is 4.20. The molecule has 0 aromatic carbocycles. The highest BCUT2D eigenvalue weighted by Gasteiger charge is 2.01. The number of aliphatic imine (C=N–C) groups is 1. The zero-order chi connectivity index (χ0) is 10.3. The summed E-state index contributed by atoms with van der Waals surface area (Å²) in [5.41, 5.74) is 0. The molecule has 1 N–H and O–H groups in total. The zero-order valence-corrected chi connectivity index (χ0v) is 9.59. The molecule has 0 saturated carbocycles. The molecule has 0 amide bonds. The largest absolute Gasteiger partial charge is 0.374 e. The Hall–Kier alpha value is -0.570. The van der Waals surface area contributed by atoms with Crippen molar-refractivity contribution in [2.75, 3.05) is 34.2 Å². The van der Waals surface area contributed by atoms with Gasteiger partial charge in [-0.3, -0.25) is 4.99 Å². The van der Waals surface area contributed by atoms with Gasteiger partial charge in [-0.15, -0.1) is 0 Å². The van der Waals surface area contributed by atoms with Gasteiger partial charge in [-0.05, 0) is 27.1 Å². The van der Waals surface area contributed by atoms with E-state index in [4.69, 9.17) is 0 Å². The van der Waals surface area contributed by atoms with Crippen molar-refractivity contribution in [3.8, 4) is 0 Å². The third-order valence-corrected chi connectivity index (χ3v) is 1.88. The Morgan fingerprint density at radius 1 is 1.38 bits per heavy atom. The lowest BCUT2D eigenvalue weighted by Crippen LogP contribution is -2.30. The van der Waals surface area contributed by atoms with E-state index in [-0.39, 0.29) is 0 Å². The van der Waals surface area contributed by atoms with Crippen LogP contribution in [-0.2, 0) is 0 Å². The van der Waals surface area contributed by atoms with Crippen LogP contribution in [0.2, 0.25) is 0 Å². The van der Waals surface area contributed by atoms with E-state index in [1.54, 1.807) is 0 Å². The van der Waals surface area contributed by atoms with Crippen LogP contribution in [0.3, 0.4) is 0 Å². The molecule has 0 saturated heterocycles. The van der Waals surface area contributed by atoms with E-state index in [0.717, 1.165) is 18.9 Å². The van der Waals surface area contributed by atoms with E-state index < -0.39 is 0 Å². The van der Waals surface area contributed by atoms with Crippen molar-refractivity contribution < 1.29 is 0 Å². The Balaban J connectivity index is 3.51. The highest BCUT2D eigenvalue weighted by Crippen LogP contribution is 1.93. The first-order valence-electron chi connectivity index (χ1n) is 4.93. The van der Waals surface area contributed by atoms with Gasteiger partial charge in [0.15, 0.2) is 0 Å². The summed E-state index contributed by atoms with van der Waals surface area (Å²) >= 11 is 0. The van der Waals surface area contributed by atoms with Crippen molar-refractivity contribution >= 4 is 5.84 Å². The molecule has 0 radical (unpaired) electrons. The van der Waals surface area contributed by atoms with Gasteiger partial charge < -0.3 is 10.2 Å². The molecule has 3 heteroatoms. The third-order valence-electron chi connectivity index (χ3n) is 1.88. The smallest absolute Gasteiger partial charge is 0.0985 e. The standard InChI is InChI=1S/C10H23N3/c1-9(2)10(11-3)12-7-6-8-13(4)5/h9H,6-8H2,1-5H3,(H,11,12). The second-order valence-corrected chi connectivity index (χ2v) is 3.85. The number of nitrogens with one attached hydrogen (secondary N) is 1. The molecular weight excluding hydrogens is 162 g/mol. The quantitative estimate of drug-likeness (QED) is 0.396. The van der Waals surface area contributed by atoms with Gasteiger partial charge in [0.1, 0.15) is 0 Å². The Bertz CT molecular complexity index is 150. The van der Waals surface area contributed by atoms with Crippen molar-refractivity contribution in [3.63, 3.8) is 0 Å². The van der Waals surface area contributed by atoms with Crippen molar-refractivity contribution in [2.24, 2.45) is 10.9 Å². The molecule has 0 unspecified atom stereocenters. The molecule has 0 aliphatic heterocycles. The minimum atomic E-state index is 0.504. The lowest BCUT2D eigenvalue weighted by atomic mass is 10.2. The molecule has 78 valence electrons. The average Bonchev–Trinajstić information content (AvgIpc) is 2.03. The predicted molar refractivity (Wildman–Crippen MR) is 59.4 cm³/mol. The highest BCUT2D eigenvalue weighted by molar-refractivity contribution is 5.83. The summed E-state index contributed by atoms with van der Waals surface area (Å²) in [6.45, 7) is 6.45. The molecule has 0 atom stereocenters. The van der Waals surface area contributed by atoms with Crippen molar-refractivity contribution in [1.29, 1.82) is 0 Å². The van der Waals surface area contributed by atoms with Crippen LogP contribution in [-0.4, -0.2) is 45.0 Å². The van der Waals surface area contributed by atoms with Gasteiger partial charge in [-0.1, -0.05) is 13.8 Å². The van der Waals surface area contributed by atoms with E-state index >= 15 is 0 Å². The first-order chi connectivity index (χ1) is 6.07. The van der Waals surface area contributed by atoms with Crippen LogP contribution in [0, 0.1) is 5.92 Å². The zero-order valence-electron chi connectivity index (χ0n) is 9.59. The minimum Gasteiger partial charge on any atom is -0.374 e. The number of nitrogens with zero attached hydrogens (tertiary/aromatic N) is 2. The monoisotopic (exact) mass is 185 g/mol. The summed E-state index contributed by atoms with van der Waals surface area (Å²) in [5.74, 6) is 1.61. The molecule has 0 bridgehead atoms. The predicted octanol–water partition coefficient (Wildman–Crippen LogP) is 1.21. The van der Waals surface area contributed by atoms with E-state index in [9.17, 15) is 0 Å². The molecule has 0 rings (SSSR count). The van der Waals surface area contributed by atoms with E-state index in [1.807, 2.05) is 7.05 Å². The Morgan fingerprint density at radius 2 is 2.00 bits per heavy atom. The van der Waals surface area contributed by atoms with Gasteiger partial charge in [0.25, 0.3) is 0 Å². The third kappa shape index (κ3) is 6.58. The SMILES string of the molecule is C/N=C(/NCCCN(C)C)C(C)C. The van der Waals surface area contributed by atoms with Crippen LogP contribution in [0.15, 0.2) is 4.99 Å². The maximum absolute atomic E-state index is 4.20. The Morgan fingerprint density at radius 3 is 2.38 bits per heavy atom. The van der Waals surface area contributed by atoms with E-state index in [1.165, 1.54) is 6.42 Å². The van der Waals surface area contributed by atoms with Gasteiger partial charge in [0.05, 0.1) is 5.84 Å². The molecule has 0 aliphatic carbocycles. The number of hydrogen-bond acceptors (Lipinski definition) is 2. The summed E-state index contributed by atoms with van der Waals surface area (Å²) < 4.78 is 0. The highest BCUT2D eigenvalue weighted by atomic mass is 15.1. The molecule has 0 aromatic rings. The number of amidine groups is 1. The van der Waals surface area contributed by atoms with Crippen LogP contribution in [0.1, 0.15) is 20.3 Å². The lowest BCUT2D eigenvalue weighted by Gasteiger charge is -2.13. The average molecular weight is 185 g/mol. The summed E-state index contributed by atoms with van der Waals surface area (Å²) in [4.78, 5) is 6.39. The van der Waals surface area contributed by atoms with Crippen molar-refractivity contribution in [3.05, 3.63) is 0 Å². The molecule has 0 heterocycles. The fourth-order valence-corrected chi connectivity index (χ4v) is 1.15. The molecule has 3 nitrogen and oxygen atoms in total.